The van der Waals surface area contributed by atoms with E-state index in [1.165, 1.54) is 44.7 Å². The Balaban J connectivity index is 1.57. The molecule has 4 rings (SSSR count). The summed E-state index contributed by atoms with van der Waals surface area (Å²) in [6.07, 6.45) is 0. The smallest absolute Gasteiger partial charge is 0.271 e. The van der Waals surface area contributed by atoms with Crippen LogP contribution in [0.4, 0.5) is 10.1 Å². The normalized spacial score (nSPS) is 11.0. The van der Waals surface area contributed by atoms with Gasteiger partial charge in [0.1, 0.15) is 10.5 Å². The Bertz CT molecular complexity index is 1270. The molecule has 0 saturated carbocycles. The molecule has 0 radical (unpaired) electrons. The Morgan fingerprint density at radius 3 is 2.57 bits per heavy atom. The molecule has 4 aromatic rings. The van der Waals surface area contributed by atoms with Gasteiger partial charge in [0.05, 0.1) is 11.3 Å². The quantitative estimate of drug-likeness (QED) is 0.338. The SMILES string of the molecule is CN(C(=O)CSc1nc2cc(-c3ccccc3)sc2c(=O)n1C)c1ccc(F)cc1. The molecule has 0 N–H and O–H groups in total. The van der Waals surface area contributed by atoms with Crippen molar-refractivity contribution in [3.8, 4) is 10.4 Å². The van der Waals surface area contributed by atoms with Gasteiger partial charge in [0.2, 0.25) is 5.91 Å². The van der Waals surface area contributed by atoms with E-state index < -0.39 is 0 Å². The van der Waals surface area contributed by atoms with E-state index in [1.54, 1.807) is 26.2 Å². The van der Waals surface area contributed by atoms with E-state index in [4.69, 9.17) is 0 Å². The second kappa shape index (κ2) is 8.41. The molecule has 2 heterocycles. The van der Waals surface area contributed by atoms with Gasteiger partial charge in [-0.2, -0.15) is 0 Å². The highest BCUT2D eigenvalue weighted by Gasteiger charge is 2.16. The van der Waals surface area contributed by atoms with Crippen LogP contribution in [0.5, 0.6) is 0 Å². The zero-order valence-corrected chi connectivity index (χ0v) is 18.0. The zero-order chi connectivity index (χ0) is 21.3. The molecule has 1 amide bonds. The molecule has 0 aliphatic heterocycles. The lowest BCUT2D eigenvalue weighted by Crippen LogP contribution is -2.28. The zero-order valence-electron chi connectivity index (χ0n) is 16.3. The third-order valence-electron chi connectivity index (χ3n) is 4.69. The van der Waals surface area contributed by atoms with Gasteiger partial charge in [-0.05, 0) is 35.9 Å². The third-order valence-corrected chi connectivity index (χ3v) is 6.86. The predicted octanol–water partition coefficient (Wildman–Crippen LogP) is 4.56. The topological polar surface area (TPSA) is 55.2 Å². The number of nitrogens with zero attached hydrogens (tertiary/aromatic N) is 3. The van der Waals surface area contributed by atoms with Crippen LogP contribution in [0.2, 0.25) is 0 Å². The Morgan fingerprint density at radius 1 is 1.17 bits per heavy atom. The summed E-state index contributed by atoms with van der Waals surface area (Å²) >= 11 is 2.62. The summed E-state index contributed by atoms with van der Waals surface area (Å²) in [7, 11) is 3.30. The maximum absolute atomic E-state index is 13.1. The van der Waals surface area contributed by atoms with E-state index >= 15 is 0 Å². The van der Waals surface area contributed by atoms with Crippen LogP contribution in [-0.2, 0) is 11.8 Å². The standard InChI is InChI=1S/C22H18FN3O2S2/c1-25(16-10-8-15(23)9-11-16)19(27)13-29-22-24-17-12-18(14-6-4-3-5-7-14)30-20(17)21(28)26(22)2/h3-12H,13H2,1-2H3. The summed E-state index contributed by atoms with van der Waals surface area (Å²) in [6, 6.07) is 17.5. The van der Waals surface area contributed by atoms with Gasteiger partial charge < -0.3 is 4.90 Å². The van der Waals surface area contributed by atoms with E-state index in [1.807, 2.05) is 36.4 Å². The van der Waals surface area contributed by atoms with Crippen molar-refractivity contribution in [2.75, 3.05) is 17.7 Å². The van der Waals surface area contributed by atoms with Crippen LogP contribution >= 0.6 is 23.1 Å². The van der Waals surface area contributed by atoms with E-state index in [0.717, 1.165) is 10.4 Å². The average Bonchev–Trinajstić information content (AvgIpc) is 3.20. The molecule has 0 unspecified atom stereocenters. The molecule has 0 spiro atoms. The number of hydrogen-bond donors (Lipinski definition) is 0. The number of carbonyl (C=O) groups excluding carboxylic acids is 1. The van der Waals surface area contributed by atoms with Crippen molar-refractivity contribution in [3.63, 3.8) is 0 Å². The first-order chi connectivity index (χ1) is 14.4. The van der Waals surface area contributed by atoms with Gasteiger partial charge in [-0.3, -0.25) is 14.2 Å². The Kier molecular flexibility index (Phi) is 5.69. The molecule has 2 aromatic heterocycles. The molecule has 8 heteroatoms. The lowest BCUT2D eigenvalue weighted by molar-refractivity contribution is -0.115. The van der Waals surface area contributed by atoms with Crippen molar-refractivity contribution in [1.29, 1.82) is 0 Å². The number of amides is 1. The number of halogens is 1. The van der Waals surface area contributed by atoms with Crippen LogP contribution < -0.4 is 10.5 Å². The summed E-state index contributed by atoms with van der Waals surface area (Å²) in [5.74, 6) is -0.418. The van der Waals surface area contributed by atoms with Crippen molar-refractivity contribution < 1.29 is 9.18 Å². The molecule has 30 heavy (non-hydrogen) atoms. The Morgan fingerprint density at radius 2 is 1.87 bits per heavy atom. The van der Waals surface area contributed by atoms with E-state index in [0.29, 0.717) is 21.1 Å². The average molecular weight is 440 g/mol. The van der Waals surface area contributed by atoms with Crippen LogP contribution in [0.15, 0.2) is 70.6 Å². The van der Waals surface area contributed by atoms with Gasteiger partial charge in [0.15, 0.2) is 5.16 Å². The van der Waals surface area contributed by atoms with Gasteiger partial charge in [-0.15, -0.1) is 11.3 Å². The molecular formula is C22H18FN3O2S2. The van der Waals surface area contributed by atoms with Crippen molar-refractivity contribution in [3.05, 3.63) is 76.8 Å². The van der Waals surface area contributed by atoms with Gasteiger partial charge in [-0.1, -0.05) is 42.1 Å². The molecule has 0 bridgehead atoms. The highest BCUT2D eigenvalue weighted by molar-refractivity contribution is 7.99. The fraction of sp³-hybridized carbons (Fsp3) is 0.136. The van der Waals surface area contributed by atoms with E-state index in [2.05, 4.69) is 4.98 Å². The minimum Gasteiger partial charge on any atom is -0.315 e. The van der Waals surface area contributed by atoms with Crippen LogP contribution in [0, 0.1) is 5.82 Å². The number of hydrogen-bond acceptors (Lipinski definition) is 5. The molecule has 2 aromatic carbocycles. The summed E-state index contributed by atoms with van der Waals surface area (Å²) in [6.45, 7) is 0. The van der Waals surface area contributed by atoms with E-state index in [9.17, 15) is 14.0 Å². The highest BCUT2D eigenvalue weighted by Crippen LogP contribution is 2.31. The third kappa shape index (κ3) is 4.01. The molecule has 0 fully saturated rings. The number of rotatable bonds is 5. The molecule has 5 nitrogen and oxygen atoms in total. The van der Waals surface area contributed by atoms with Crippen molar-refractivity contribution in [1.82, 2.24) is 9.55 Å². The number of thioether (sulfide) groups is 1. The molecule has 0 aliphatic rings. The fourth-order valence-corrected chi connectivity index (χ4v) is 4.90. The van der Waals surface area contributed by atoms with Gasteiger partial charge >= 0.3 is 0 Å². The number of fused-ring (bicyclic) bond motifs is 1. The van der Waals surface area contributed by atoms with Gasteiger partial charge in [0, 0.05) is 24.7 Å². The van der Waals surface area contributed by atoms with E-state index in [-0.39, 0.29) is 23.0 Å². The second-order valence-electron chi connectivity index (χ2n) is 6.67. The van der Waals surface area contributed by atoms with Crippen molar-refractivity contribution >= 4 is 44.9 Å². The molecule has 0 aliphatic carbocycles. The molecular weight excluding hydrogens is 421 g/mol. The van der Waals surface area contributed by atoms with Gasteiger partial charge in [0.25, 0.3) is 5.56 Å². The fourth-order valence-electron chi connectivity index (χ4n) is 2.94. The Hall–Kier alpha value is -2.97. The number of thiophene rings is 1. The molecule has 152 valence electrons. The highest BCUT2D eigenvalue weighted by atomic mass is 32.2. The number of anilines is 1. The molecule has 0 saturated heterocycles. The maximum atomic E-state index is 13.1. The number of aromatic nitrogens is 2. The number of carbonyl (C=O) groups is 1. The van der Waals surface area contributed by atoms with Crippen molar-refractivity contribution in [2.45, 2.75) is 5.16 Å². The second-order valence-corrected chi connectivity index (χ2v) is 8.66. The summed E-state index contributed by atoms with van der Waals surface area (Å²) in [5, 5.41) is 0.478. The molecule has 0 atom stereocenters. The lowest BCUT2D eigenvalue weighted by atomic mass is 10.2. The Labute approximate surface area is 180 Å². The monoisotopic (exact) mass is 439 g/mol. The van der Waals surface area contributed by atoms with Crippen LogP contribution in [0.1, 0.15) is 0 Å². The minimum absolute atomic E-state index is 0.106. The minimum atomic E-state index is -0.355. The number of benzene rings is 2. The van der Waals surface area contributed by atoms with Crippen molar-refractivity contribution in [2.24, 2.45) is 7.05 Å². The predicted molar refractivity (Wildman–Crippen MR) is 121 cm³/mol. The first-order valence-corrected chi connectivity index (χ1v) is 10.9. The van der Waals surface area contributed by atoms with Crippen LogP contribution in [-0.4, -0.2) is 28.3 Å². The summed E-state index contributed by atoms with van der Waals surface area (Å²) in [4.78, 5) is 32.4. The largest absolute Gasteiger partial charge is 0.315 e. The maximum Gasteiger partial charge on any atom is 0.271 e. The first kappa shape index (κ1) is 20.3. The van der Waals surface area contributed by atoms with Crippen LogP contribution in [0.25, 0.3) is 20.7 Å². The van der Waals surface area contributed by atoms with Crippen LogP contribution in [0.3, 0.4) is 0 Å². The lowest BCUT2D eigenvalue weighted by Gasteiger charge is -2.17. The first-order valence-electron chi connectivity index (χ1n) is 9.15. The van der Waals surface area contributed by atoms with Gasteiger partial charge in [-0.25, -0.2) is 9.37 Å². The summed E-state index contributed by atoms with van der Waals surface area (Å²) < 4.78 is 15.2. The summed E-state index contributed by atoms with van der Waals surface area (Å²) in [5.41, 5.74) is 2.13.